The summed E-state index contributed by atoms with van der Waals surface area (Å²) in [6.07, 6.45) is 7.31. The molecule has 3 rings (SSSR count). The van der Waals surface area contributed by atoms with E-state index in [0.29, 0.717) is 5.41 Å². The molecule has 0 unspecified atom stereocenters. The van der Waals surface area contributed by atoms with Crippen molar-refractivity contribution in [3.8, 4) is 0 Å². The smallest absolute Gasteiger partial charge is 0.0637 e. The summed E-state index contributed by atoms with van der Waals surface area (Å²) in [5.74, 6) is 0. The molecule has 0 aromatic carbocycles. The molecule has 2 nitrogen and oxygen atoms in total. The number of pyridine rings is 1. The van der Waals surface area contributed by atoms with E-state index in [2.05, 4.69) is 24.1 Å². The van der Waals surface area contributed by atoms with Crippen molar-refractivity contribution in [2.45, 2.75) is 39.5 Å². The summed E-state index contributed by atoms with van der Waals surface area (Å²) in [5, 5.41) is 3.62. The molecule has 1 aromatic rings. The molecule has 0 saturated heterocycles. The van der Waals surface area contributed by atoms with Crippen LogP contribution in [0.15, 0.2) is 6.20 Å². The van der Waals surface area contributed by atoms with Crippen LogP contribution in [0.3, 0.4) is 0 Å². The van der Waals surface area contributed by atoms with Crippen LogP contribution >= 0.6 is 0 Å². The van der Waals surface area contributed by atoms with E-state index in [1.165, 1.54) is 41.8 Å². The molecule has 1 aliphatic heterocycles. The zero-order valence-electron chi connectivity index (χ0n) is 9.56. The Hall–Kier alpha value is -1.05. The van der Waals surface area contributed by atoms with E-state index >= 15 is 0 Å². The molecule has 2 heteroatoms. The third-order valence-electron chi connectivity index (χ3n) is 4.16. The molecule has 1 saturated carbocycles. The summed E-state index contributed by atoms with van der Waals surface area (Å²) in [7, 11) is 0. The molecule has 1 N–H and O–H groups in total. The second kappa shape index (κ2) is 2.97. The van der Waals surface area contributed by atoms with E-state index in [1.54, 1.807) is 0 Å². The van der Waals surface area contributed by atoms with Crippen LogP contribution in [-0.2, 0) is 6.42 Å². The molecule has 1 spiro atoms. The lowest BCUT2D eigenvalue weighted by molar-refractivity contribution is 0.501. The zero-order valence-corrected chi connectivity index (χ0v) is 9.56. The Bertz CT molecular complexity index is 405. The maximum atomic E-state index is 4.57. The van der Waals surface area contributed by atoms with Crippen molar-refractivity contribution in [1.82, 2.24) is 4.98 Å². The Labute approximate surface area is 91.1 Å². The lowest BCUT2D eigenvalue weighted by Crippen LogP contribution is -2.13. The van der Waals surface area contributed by atoms with Gasteiger partial charge in [0.25, 0.3) is 0 Å². The molecule has 2 heterocycles. The summed E-state index contributed by atoms with van der Waals surface area (Å²) >= 11 is 0. The van der Waals surface area contributed by atoms with Gasteiger partial charge in [0.1, 0.15) is 0 Å². The van der Waals surface area contributed by atoms with Crippen LogP contribution in [0, 0.1) is 19.3 Å². The third-order valence-corrected chi connectivity index (χ3v) is 4.16. The van der Waals surface area contributed by atoms with Gasteiger partial charge in [0.05, 0.1) is 11.4 Å². The van der Waals surface area contributed by atoms with Gasteiger partial charge in [-0.3, -0.25) is 4.98 Å². The fourth-order valence-electron chi connectivity index (χ4n) is 2.53. The summed E-state index contributed by atoms with van der Waals surface area (Å²) in [4.78, 5) is 4.57. The van der Waals surface area contributed by atoms with Crippen LogP contribution in [-0.4, -0.2) is 11.5 Å². The third kappa shape index (κ3) is 1.43. The van der Waals surface area contributed by atoms with Crippen molar-refractivity contribution in [3.63, 3.8) is 0 Å². The molecular formula is C13H18N2. The number of nitrogens with zero attached hydrogens (tertiary/aromatic N) is 1. The molecule has 2 aliphatic rings. The van der Waals surface area contributed by atoms with Crippen molar-refractivity contribution in [3.05, 3.63) is 23.0 Å². The Morgan fingerprint density at radius 3 is 2.80 bits per heavy atom. The van der Waals surface area contributed by atoms with Crippen molar-refractivity contribution >= 4 is 5.69 Å². The first-order valence-electron chi connectivity index (χ1n) is 5.89. The lowest BCUT2D eigenvalue weighted by atomic mass is 10.0. The van der Waals surface area contributed by atoms with Crippen LogP contribution in [0.5, 0.6) is 0 Å². The van der Waals surface area contributed by atoms with Gasteiger partial charge >= 0.3 is 0 Å². The van der Waals surface area contributed by atoms with Crippen LogP contribution in [0.1, 0.15) is 36.1 Å². The number of aryl methyl sites for hydroxylation is 2. The molecule has 80 valence electrons. The molecule has 1 aliphatic carbocycles. The SMILES string of the molecule is Cc1cnc2c(c1C)NCC1(CC2)CC1. The summed E-state index contributed by atoms with van der Waals surface area (Å²) in [5.41, 5.74) is 5.91. The minimum atomic E-state index is 0.626. The number of anilines is 1. The number of rotatable bonds is 0. The Morgan fingerprint density at radius 2 is 2.07 bits per heavy atom. The highest BCUT2D eigenvalue weighted by Gasteiger charge is 2.43. The normalized spacial score (nSPS) is 21.7. The van der Waals surface area contributed by atoms with E-state index in [-0.39, 0.29) is 0 Å². The number of hydrogen-bond acceptors (Lipinski definition) is 2. The van der Waals surface area contributed by atoms with Gasteiger partial charge in [-0.2, -0.15) is 0 Å². The van der Waals surface area contributed by atoms with E-state index in [0.717, 1.165) is 13.0 Å². The molecule has 0 amide bonds. The number of hydrogen-bond donors (Lipinski definition) is 1. The fourth-order valence-corrected chi connectivity index (χ4v) is 2.53. The van der Waals surface area contributed by atoms with Gasteiger partial charge in [-0.1, -0.05) is 0 Å². The molecule has 1 aromatic heterocycles. The van der Waals surface area contributed by atoms with E-state index in [9.17, 15) is 0 Å². The average molecular weight is 202 g/mol. The largest absolute Gasteiger partial charge is 0.383 e. The highest BCUT2D eigenvalue weighted by atomic mass is 14.9. The predicted molar refractivity (Wildman–Crippen MR) is 62.2 cm³/mol. The molecule has 0 bridgehead atoms. The van der Waals surface area contributed by atoms with E-state index in [4.69, 9.17) is 0 Å². The Kier molecular flexibility index (Phi) is 1.82. The highest BCUT2D eigenvalue weighted by molar-refractivity contribution is 5.58. The first kappa shape index (κ1) is 9.20. The predicted octanol–water partition coefficient (Wildman–Crippen LogP) is 2.84. The van der Waals surface area contributed by atoms with Gasteiger partial charge in [-0.05, 0) is 56.1 Å². The lowest BCUT2D eigenvalue weighted by Gasteiger charge is -2.13. The second-order valence-corrected chi connectivity index (χ2v) is 5.24. The van der Waals surface area contributed by atoms with Crippen molar-refractivity contribution < 1.29 is 0 Å². The monoisotopic (exact) mass is 202 g/mol. The van der Waals surface area contributed by atoms with Gasteiger partial charge in [-0.15, -0.1) is 0 Å². The molecule has 1 fully saturated rings. The van der Waals surface area contributed by atoms with E-state index < -0.39 is 0 Å². The summed E-state index contributed by atoms with van der Waals surface area (Å²) < 4.78 is 0. The standard InChI is InChI=1S/C13H18N2/c1-9-7-14-11-3-4-13(5-6-13)8-15-12(11)10(9)2/h7,15H,3-6,8H2,1-2H3. The van der Waals surface area contributed by atoms with Crippen LogP contribution in [0.4, 0.5) is 5.69 Å². The number of nitrogens with one attached hydrogen (secondary N) is 1. The molecule has 0 atom stereocenters. The number of aromatic nitrogens is 1. The van der Waals surface area contributed by atoms with Crippen molar-refractivity contribution in [2.24, 2.45) is 5.41 Å². The Morgan fingerprint density at radius 1 is 1.27 bits per heavy atom. The molecule has 0 radical (unpaired) electrons. The van der Waals surface area contributed by atoms with Gasteiger partial charge in [0.15, 0.2) is 0 Å². The minimum Gasteiger partial charge on any atom is -0.383 e. The van der Waals surface area contributed by atoms with Crippen LogP contribution in [0.2, 0.25) is 0 Å². The molecular weight excluding hydrogens is 184 g/mol. The first-order valence-corrected chi connectivity index (χ1v) is 5.89. The first-order chi connectivity index (χ1) is 7.20. The Balaban J connectivity index is 1.99. The maximum Gasteiger partial charge on any atom is 0.0637 e. The van der Waals surface area contributed by atoms with E-state index in [1.807, 2.05) is 6.20 Å². The summed E-state index contributed by atoms with van der Waals surface area (Å²) in [6, 6.07) is 0. The fraction of sp³-hybridized carbons (Fsp3) is 0.615. The van der Waals surface area contributed by atoms with Gasteiger partial charge in [0.2, 0.25) is 0 Å². The maximum absolute atomic E-state index is 4.57. The topological polar surface area (TPSA) is 24.9 Å². The molecule has 15 heavy (non-hydrogen) atoms. The average Bonchev–Trinajstić information content (AvgIpc) is 3.02. The van der Waals surface area contributed by atoms with Crippen molar-refractivity contribution in [2.75, 3.05) is 11.9 Å². The number of fused-ring (bicyclic) bond motifs is 1. The van der Waals surface area contributed by atoms with Crippen LogP contribution < -0.4 is 5.32 Å². The van der Waals surface area contributed by atoms with Gasteiger partial charge < -0.3 is 5.32 Å². The van der Waals surface area contributed by atoms with Gasteiger partial charge in [0, 0.05) is 12.7 Å². The zero-order chi connectivity index (χ0) is 10.5. The minimum absolute atomic E-state index is 0.626. The quantitative estimate of drug-likeness (QED) is 0.699. The van der Waals surface area contributed by atoms with Crippen LogP contribution in [0.25, 0.3) is 0 Å². The summed E-state index contributed by atoms with van der Waals surface area (Å²) in [6.45, 7) is 5.50. The highest BCUT2D eigenvalue weighted by Crippen LogP contribution is 2.51. The second-order valence-electron chi connectivity index (χ2n) is 5.24. The van der Waals surface area contributed by atoms with Gasteiger partial charge in [-0.25, -0.2) is 0 Å². The van der Waals surface area contributed by atoms with Crippen molar-refractivity contribution in [1.29, 1.82) is 0 Å².